The largest absolute Gasteiger partial charge is 0.465 e. The molecule has 0 radical (unpaired) electrons. The Hall–Kier alpha value is -0.880. The second-order valence-electron chi connectivity index (χ2n) is 3.81. The summed E-state index contributed by atoms with van der Waals surface area (Å²) in [5, 5.41) is 3.00. The molecule has 1 N–H and O–H groups in total. The van der Waals surface area contributed by atoms with Crippen LogP contribution in [-0.4, -0.2) is 24.2 Å². The first kappa shape index (κ1) is 14.5. The predicted octanol–water partition coefficient (Wildman–Crippen LogP) is 2.82. The molecule has 19 heavy (non-hydrogen) atoms. The van der Waals surface area contributed by atoms with Gasteiger partial charge in [-0.05, 0) is 38.2 Å². The lowest BCUT2D eigenvalue weighted by Gasteiger charge is -2.24. The maximum absolute atomic E-state index is 12.8. The average molecular weight is 305 g/mol. The summed E-state index contributed by atoms with van der Waals surface area (Å²) in [5.41, 5.74) is 0. The lowest BCUT2D eigenvalue weighted by Crippen LogP contribution is -2.29. The van der Waals surface area contributed by atoms with E-state index in [1.165, 1.54) is 6.26 Å². The predicted molar refractivity (Wildman–Crippen MR) is 72.9 cm³/mol. The van der Waals surface area contributed by atoms with Crippen LogP contribution >= 0.6 is 19.8 Å². The first-order chi connectivity index (χ1) is 9.10. The third-order valence-corrected chi connectivity index (χ3v) is 5.10. The SMILES string of the molecule is CCOP(=O)(OCC)C1NC(=S)OC1c1ccco1. The average Bonchev–Trinajstić information content (AvgIpc) is 2.98. The van der Waals surface area contributed by atoms with Crippen LogP contribution < -0.4 is 5.32 Å². The smallest absolute Gasteiger partial charge is 0.357 e. The van der Waals surface area contributed by atoms with E-state index in [0.717, 1.165) is 0 Å². The van der Waals surface area contributed by atoms with Crippen LogP contribution in [0.3, 0.4) is 0 Å². The second-order valence-corrected chi connectivity index (χ2v) is 6.33. The first-order valence-electron chi connectivity index (χ1n) is 6.00. The zero-order valence-electron chi connectivity index (χ0n) is 10.7. The molecule has 1 saturated heterocycles. The maximum Gasteiger partial charge on any atom is 0.357 e. The summed E-state index contributed by atoms with van der Waals surface area (Å²) in [6.45, 7) is 4.05. The van der Waals surface area contributed by atoms with Gasteiger partial charge in [0, 0.05) is 0 Å². The Morgan fingerprint density at radius 1 is 1.42 bits per heavy atom. The van der Waals surface area contributed by atoms with Gasteiger partial charge in [0.05, 0.1) is 19.5 Å². The first-order valence-corrected chi connectivity index (χ1v) is 8.02. The summed E-state index contributed by atoms with van der Waals surface area (Å²) < 4.78 is 34.2. The Labute approximate surface area is 116 Å². The molecule has 1 aliphatic heterocycles. The molecule has 1 aliphatic rings. The quantitative estimate of drug-likeness (QED) is 0.640. The Kier molecular flexibility index (Phi) is 4.62. The Morgan fingerprint density at radius 3 is 2.63 bits per heavy atom. The minimum atomic E-state index is -3.39. The lowest BCUT2D eigenvalue weighted by molar-refractivity contribution is 0.161. The fraction of sp³-hybridized carbons (Fsp3) is 0.545. The fourth-order valence-corrected chi connectivity index (χ4v) is 4.13. The van der Waals surface area contributed by atoms with Gasteiger partial charge in [-0.1, -0.05) is 0 Å². The van der Waals surface area contributed by atoms with Crippen molar-refractivity contribution >= 4 is 25.0 Å². The molecule has 2 unspecified atom stereocenters. The van der Waals surface area contributed by atoms with Crippen molar-refractivity contribution in [2.75, 3.05) is 13.2 Å². The van der Waals surface area contributed by atoms with Crippen molar-refractivity contribution in [1.29, 1.82) is 0 Å². The molecule has 0 spiro atoms. The van der Waals surface area contributed by atoms with E-state index in [1.807, 2.05) is 0 Å². The van der Waals surface area contributed by atoms with Gasteiger partial charge in [0.15, 0.2) is 11.9 Å². The van der Waals surface area contributed by atoms with Crippen LogP contribution in [0.25, 0.3) is 0 Å². The van der Waals surface area contributed by atoms with E-state index in [-0.39, 0.29) is 18.4 Å². The lowest BCUT2D eigenvalue weighted by atomic mass is 10.3. The molecule has 1 aromatic rings. The van der Waals surface area contributed by atoms with E-state index in [4.69, 9.17) is 30.4 Å². The number of hydrogen-bond donors (Lipinski definition) is 1. The number of ether oxygens (including phenoxy) is 1. The van der Waals surface area contributed by atoms with Crippen molar-refractivity contribution in [3.05, 3.63) is 24.2 Å². The Bertz CT molecular complexity index is 467. The van der Waals surface area contributed by atoms with Gasteiger partial charge in [-0.2, -0.15) is 0 Å². The van der Waals surface area contributed by atoms with Crippen molar-refractivity contribution in [3.8, 4) is 0 Å². The van der Waals surface area contributed by atoms with E-state index >= 15 is 0 Å². The van der Waals surface area contributed by atoms with Gasteiger partial charge in [0.25, 0.3) is 5.17 Å². The highest BCUT2D eigenvalue weighted by Crippen LogP contribution is 2.57. The Morgan fingerprint density at radius 2 is 2.11 bits per heavy atom. The second kappa shape index (κ2) is 6.05. The topological polar surface area (TPSA) is 69.9 Å². The maximum atomic E-state index is 12.8. The minimum absolute atomic E-state index is 0.158. The van der Waals surface area contributed by atoms with Crippen molar-refractivity contribution in [1.82, 2.24) is 5.32 Å². The van der Waals surface area contributed by atoms with Crippen LogP contribution in [0.4, 0.5) is 0 Å². The number of thiocarbonyl (C=S) groups is 1. The minimum Gasteiger partial charge on any atom is -0.465 e. The standard InChI is InChI=1S/C11H16NO5PS/c1-3-15-18(13,16-4-2)10-9(17-11(19)12-10)8-6-5-7-14-8/h5-7,9-10H,3-4H2,1-2H3,(H,12,19). The van der Waals surface area contributed by atoms with Gasteiger partial charge < -0.3 is 23.5 Å². The van der Waals surface area contributed by atoms with Crippen molar-refractivity contribution < 1.29 is 22.8 Å². The van der Waals surface area contributed by atoms with Crippen LogP contribution in [0.1, 0.15) is 25.7 Å². The van der Waals surface area contributed by atoms with Gasteiger partial charge in [-0.25, -0.2) is 0 Å². The van der Waals surface area contributed by atoms with Gasteiger partial charge in [0.2, 0.25) is 0 Å². The fourth-order valence-electron chi connectivity index (χ4n) is 1.88. The normalized spacial score (nSPS) is 23.2. The van der Waals surface area contributed by atoms with Crippen LogP contribution in [0.5, 0.6) is 0 Å². The van der Waals surface area contributed by atoms with Crippen molar-refractivity contribution in [2.24, 2.45) is 0 Å². The summed E-state index contributed by atoms with van der Waals surface area (Å²) in [7, 11) is -3.39. The summed E-state index contributed by atoms with van der Waals surface area (Å²) in [4.78, 5) is 0. The highest BCUT2D eigenvalue weighted by Gasteiger charge is 2.49. The van der Waals surface area contributed by atoms with E-state index in [9.17, 15) is 4.57 Å². The van der Waals surface area contributed by atoms with E-state index in [0.29, 0.717) is 5.76 Å². The van der Waals surface area contributed by atoms with Gasteiger partial charge in [-0.3, -0.25) is 4.57 Å². The summed E-state index contributed by atoms with van der Waals surface area (Å²) in [6, 6.07) is 3.46. The molecule has 1 aromatic heterocycles. The molecule has 8 heteroatoms. The molecule has 0 amide bonds. The molecule has 106 valence electrons. The van der Waals surface area contributed by atoms with Gasteiger partial charge in [-0.15, -0.1) is 0 Å². The molecular formula is C11H16NO5PS. The highest BCUT2D eigenvalue weighted by atomic mass is 32.1. The molecule has 1 fully saturated rings. The van der Waals surface area contributed by atoms with Crippen LogP contribution in [0, 0.1) is 0 Å². The molecule has 2 heterocycles. The zero-order chi connectivity index (χ0) is 13.9. The van der Waals surface area contributed by atoms with Crippen LogP contribution in [-0.2, 0) is 18.3 Å². The third-order valence-electron chi connectivity index (χ3n) is 2.57. The molecule has 6 nitrogen and oxygen atoms in total. The molecular weight excluding hydrogens is 289 g/mol. The number of hydrogen-bond acceptors (Lipinski definition) is 6. The summed E-state index contributed by atoms with van der Waals surface area (Å²) in [6.07, 6.45) is 0.898. The molecule has 0 bridgehead atoms. The Balaban J connectivity index is 2.29. The van der Waals surface area contributed by atoms with E-state index in [2.05, 4.69) is 5.32 Å². The van der Waals surface area contributed by atoms with Gasteiger partial charge in [0.1, 0.15) is 5.76 Å². The van der Waals surface area contributed by atoms with Crippen molar-refractivity contribution in [3.63, 3.8) is 0 Å². The van der Waals surface area contributed by atoms with E-state index < -0.39 is 19.5 Å². The number of nitrogens with one attached hydrogen (secondary N) is 1. The number of furan rings is 1. The monoisotopic (exact) mass is 305 g/mol. The molecule has 0 aliphatic carbocycles. The summed E-state index contributed by atoms with van der Waals surface area (Å²) >= 11 is 4.98. The third kappa shape index (κ3) is 3.00. The molecule has 2 rings (SSSR count). The molecule has 2 atom stereocenters. The highest BCUT2D eigenvalue weighted by molar-refractivity contribution is 7.80. The molecule has 0 aromatic carbocycles. The van der Waals surface area contributed by atoms with E-state index in [1.54, 1.807) is 26.0 Å². The van der Waals surface area contributed by atoms with Gasteiger partial charge >= 0.3 is 7.60 Å². The summed E-state index contributed by atoms with van der Waals surface area (Å²) in [5.74, 6) is -0.178. The van der Waals surface area contributed by atoms with Crippen molar-refractivity contribution in [2.45, 2.75) is 25.7 Å². The molecule has 0 saturated carbocycles. The zero-order valence-corrected chi connectivity index (χ0v) is 12.4. The number of rotatable bonds is 6. The van der Waals surface area contributed by atoms with Crippen LogP contribution in [0.15, 0.2) is 22.8 Å². The van der Waals surface area contributed by atoms with Crippen LogP contribution in [0.2, 0.25) is 0 Å².